The van der Waals surface area contributed by atoms with Crippen LogP contribution < -0.4 is 0 Å². The lowest BCUT2D eigenvalue weighted by molar-refractivity contribution is 1.60. The Morgan fingerprint density at radius 2 is 0.824 bits per heavy atom. The average molecular weight is 554 g/mol. The Labute approximate surface area is 224 Å². The van der Waals surface area contributed by atoms with Gasteiger partial charge in [-0.05, 0) is 72.5 Å². The molecule has 6 heteroatoms. The molecule has 0 fully saturated rings. The first-order valence-corrected chi connectivity index (χ1v) is 14.7. The first-order valence-electron chi connectivity index (χ1n) is 10.7. The minimum atomic E-state index is 0.768. The van der Waals surface area contributed by atoms with Gasteiger partial charge >= 0.3 is 0 Å². The van der Waals surface area contributed by atoms with Crippen molar-refractivity contribution in [3.05, 3.63) is 90.6 Å². The zero-order valence-corrected chi connectivity index (χ0v) is 23.1. The fraction of sp³-hybridized carbons (Fsp3) is 0.0714. The van der Waals surface area contributed by atoms with E-state index < -0.39 is 0 Å². The summed E-state index contributed by atoms with van der Waals surface area (Å²) in [5.41, 5.74) is 5.08. The molecule has 6 aromatic rings. The van der Waals surface area contributed by atoms with Gasteiger partial charge in [0.1, 0.15) is 0 Å². The van der Waals surface area contributed by atoms with Crippen LogP contribution in [0.3, 0.4) is 0 Å². The van der Waals surface area contributed by atoms with Crippen LogP contribution in [0, 0.1) is 13.8 Å². The molecule has 0 amide bonds. The number of rotatable bonds is 4. The van der Waals surface area contributed by atoms with E-state index in [1.165, 1.54) is 49.1 Å². The van der Waals surface area contributed by atoms with Crippen molar-refractivity contribution in [3.63, 3.8) is 0 Å². The van der Waals surface area contributed by atoms with Gasteiger partial charge in [-0.2, -0.15) is 0 Å². The average Bonchev–Trinajstić information content (AvgIpc) is 3.53. The molecule has 6 rings (SSSR count). The standard InChI is InChI=1S/C28H18Cl2S4/c1-15-21(13-7-17-3-9-19(29)10-4-17)31-25-23(15)33-28-26-24(34-27(25)28)16(2)22(32-26)14-8-18-5-11-20(30)12-6-18/h3-14H,1-2H3/b13-7+,14-8+. The van der Waals surface area contributed by atoms with E-state index >= 15 is 0 Å². The summed E-state index contributed by atoms with van der Waals surface area (Å²) < 4.78 is 8.59. The summed E-state index contributed by atoms with van der Waals surface area (Å²) in [6.07, 6.45) is 8.82. The van der Waals surface area contributed by atoms with Crippen molar-refractivity contribution in [1.82, 2.24) is 0 Å². The Bertz CT molecular complexity index is 1590. The summed E-state index contributed by atoms with van der Waals surface area (Å²) >= 11 is 19.7. The molecule has 2 aromatic carbocycles. The van der Waals surface area contributed by atoms with Gasteiger partial charge < -0.3 is 0 Å². The Balaban J connectivity index is 1.37. The fourth-order valence-corrected chi connectivity index (χ4v) is 10.1. The van der Waals surface area contributed by atoms with Gasteiger partial charge in [-0.1, -0.05) is 59.6 Å². The number of fused-ring (bicyclic) bond motifs is 5. The molecular formula is C28H18Cl2S4. The van der Waals surface area contributed by atoms with Gasteiger partial charge in [-0.3, -0.25) is 0 Å². The van der Waals surface area contributed by atoms with Crippen molar-refractivity contribution >= 4 is 121 Å². The molecule has 0 unspecified atom stereocenters. The third-order valence-electron chi connectivity index (χ3n) is 5.88. The van der Waals surface area contributed by atoms with E-state index in [0.717, 1.165) is 21.2 Å². The van der Waals surface area contributed by atoms with Crippen LogP contribution in [0.15, 0.2) is 48.5 Å². The Morgan fingerprint density at radius 3 is 1.21 bits per heavy atom. The highest BCUT2D eigenvalue weighted by Gasteiger charge is 2.20. The Kier molecular flexibility index (Phi) is 5.93. The highest BCUT2D eigenvalue weighted by molar-refractivity contribution is 7.44. The van der Waals surface area contributed by atoms with Gasteiger partial charge in [0.25, 0.3) is 0 Å². The maximum atomic E-state index is 6.02. The summed E-state index contributed by atoms with van der Waals surface area (Å²) in [4.78, 5) is 2.66. The summed E-state index contributed by atoms with van der Waals surface area (Å²) in [5, 5.41) is 1.54. The monoisotopic (exact) mass is 552 g/mol. The van der Waals surface area contributed by atoms with E-state index in [2.05, 4.69) is 62.4 Å². The van der Waals surface area contributed by atoms with Crippen LogP contribution in [-0.4, -0.2) is 0 Å². The number of hydrogen-bond donors (Lipinski definition) is 0. The SMILES string of the molecule is Cc1c(/C=C/c2ccc(Cl)cc2)sc2c1sc1c3sc(/C=C/c4ccc(Cl)cc4)c(C)c3sc21. The molecule has 0 saturated carbocycles. The quantitative estimate of drug-likeness (QED) is 0.204. The molecule has 0 nitrogen and oxygen atoms in total. The van der Waals surface area contributed by atoms with E-state index in [-0.39, 0.29) is 0 Å². The maximum absolute atomic E-state index is 6.02. The van der Waals surface area contributed by atoms with Crippen LogP contribution in [0.5, 0.6) is 0 Å². The van der Waals surface area contributed by atoms with Crippen molar-refractivity contribution in [1.29, 1.82) is 0 Å². The molecule has 34 heavy (non-hydrogen) atoms. The summed E-state index contributed by atoms with van der Waals surface area (Å²) in [7, 11) is 0. The maximum Gasteiger partial charge on any atom is 0.0651 e. The van der Waals surface area contributed by atoms with Crippen molar-refractivity contribution in [2.45, 2.75) is 13.8 Å². The molecule has 4 aromatic heterocycles. The van der Waals surface area contributed by atoms with Crippen molar-refractivity contribution in [2.75, 3.05) is 0 Å². The molecule has 0 aliphatic carbocycles. The summed E-state index contributed by atoms with van der Waals surface area (Å²) in [6, 6.07) is 16.0. The van der Waals surface area contributed by atoms with E-state index in [0.29, 0.717) is 0 Å². The Morgan fingerprint density at radius 1 is 0.471 bits per heavy atom. The van der Waals surface area contributed by atoms with E-state index in [1.54, 1.807) is 0 Å². The highest BCUT2D eigenvalue weighted by Crippen LogP contribution is 2.52. The van der Waals surface area contributed by atoms with Crippen molar-refractivity contribution < 1.29 is 0 Å². The minimum absolute atomic E-state index is 0.768. The topological polar surface area (TPSA) is 0 Å². The zero-order chi connectivity index (χ0) is 23.4. The normalized spacial score (nSPS) is 12.5. The highest BCUT2D eigenvalue weighted by atomic mass is 35.5. The molecule has 4 heterocycles. The lowest BCUT2D eigenvalue weighted by Gasteiger charge is -1.94. The van der Waals surface area contributed by atoms with Gasteiger partial charge in [0.05, 0.1) is 28.2 Å². The molecule has 0 saturated heterocycles. The largest absolute Gasteiger partial charge is 0.133 e. The number of thiophene rings is 4. The first-order chi connectivity index (χ1) is 16.5. The molecule has 0 N–H and O–H groups in total. The van der Waals surface area contributed by atoms with Crippen LogP contribution >= 0.6 is 68.5 Å². The lowest BCUT2D eigenvalue weighted by Crippen LogP contribution is -1.72. The number of hydrogen-bond acceptors (Lipinski definition) is 4. The molecule has 0 aliphatic heterocycles. The first kappa shape index (κ1) is 22.5. The van der Waals surface area contributed by atoms with Crippen LogP contribution in [0.2, 0.25) is 10.0 Å². The van der Waals surface area contributed by atoms with Crippen molar-refractivity contribution in [3.8, 4) is 0 Å². The predicted octanol–water partition coefficient (Wildman–Crippen LogP) is 11.7. The minimum Gasteiger partial charge on any atom is -0.133 e. The smallest absolute Gasteiger partial charge is 0.0651 e. The molecule has 0 radical (unpaired) electrons. The van der Waals surface area contributed by atoms with Crippen LogP contribution in [0.4, 0.5) is 0 Å². The molecule has 0 spiro atoms. The van der Waals surface area contributed by atoms with E-state index in [4.69, 9.17) is 23.2 Å². The number of aryl methyl sites for hydroxylation is 2. The second-order valence-electron chi connectivity index (χ2n) is 8.13. The van der Waals surface area contributed by atoms with Crippen LogP contribution in [0.1, 0.15) is 32.0 Å². The van der Waals surface area contributed by atoms with Crippen LogP contribution in [-0.2, 0) is 0 Å². The fourth-order valence-electron chi connectivity index (χ4n) is 3.98. The van der Waals surface area contributed by atoms with Gasteiger partial charge in [-0.15, -0.1) is 45.3 Å². The van der Waals surface area contributed by atoms with E-state index in [1.807, 2.05) is 69.6 Å². The lowest BCUT2D eigenvalue weighted by atomic mass is 10.2. The van der Waals surface area contributed by atoms with Gasteiger partial charge in [-0.25, -0.2) is 0 Å². The molecule has 0 atom stereocenters. The van der Waals surface area contributed by atoms with E-state index in [9.17, 15) is 0 Å². The molecular weight excluding hydrogens is 535 g/mol. The van der Waals surface area contributed by atoms with Gasteiger partial charge in [0.15, 0.2) is 0 Å². The summed E-state index contributed by atoms with van der Waals surface area (Å²) in [6.45, 7) is 4.50. The van der Waals surface area contributed by atoms with Gasteiger partial charge in [0.2, 0.25) is 0 Å². The second kappa shape index (κ2) is 8.94. The Hall–Kier alpha value is -1.92. The predicted molar refractivity (Wildman–Crippen MR) is 161 cm³/mol. The molecule has 168 valence electrons. The number of benzene rings is 2. The number of halogens is 2. The van der Waals surface area contributed by atoms with Crippen LogP contribution in [0.25, 0.3) is 52.5 Å². The third kappa shape index (κ3) is 3.97. The zero-order valence-electron chi connectivity index (χ0n) is 18.3. The van der Waals surface area contributed by atoms with Gasteiger partial charge in [0, 0.05) is 19.8 Å². The summed E-state index contributed by atoms with van der Waals surface area (Å²) in [5.74, 6) is 0. The second-order valence-corrected chi connectivity index (χ2v) is 13.1. The third-order valence-corrected chi connectivity index (χ3v) is 12.2. The van der Waals surface area contributed by atoms with Crippen molar-refractivity contribution in [2.24, 2.45) is 0 Å². The molecule has 0 bridgehead atoms. The molecule has 0 aliphatic rings.